The maximum absolute atomic E-state index is 12.8. The molecule has 9 heteroatoms. The molecule has 0 aromatic heterocycles. The number of rotatable bonds is 5. The minimum Gasteiger partial charge on any atom is -0.339 e. The fraction of sp³-hybridized carbons (Fsp3) is 0.400. The molecule has 3 amide bonds. The number of nitrogens with one attached hydrogen (secondary N) is 1. The van der Waals surface area contributed by atoms with Crippen molar-refractivity contribution in [3.63, 3.8) is 0 Å². The van der Waals surface area contributed by atoms with E-state index < -0.39 is 11.7 Å². The lowest BCUT2D eigenvalue weighted by atomic mass is 9.95. The van der Waals surface area contributed by atoms with Crippen LogP contribution in [0.4, 0.5) is 18.9 Å². The summed E-state index contributed by atoms with van der Waals surface area (Å²) in [5.74, 6) is -0.583. The van der Waals surface area contributed by atoms with Gasteiger partial charge in [0.1, 0.15) is 0 Å². The van der Waals surface area contributed by atoms with Crippen molar-refractivity contribution in [1.29, 1.82) is 0 Å². The number of amides is 3. The number of hydrogen-bond donors (Lipinski definition) is 1. The predicted molar refractivity (Wildman–Crippen MR) is 120 cm³/mol. The number of benzene rings is 2. The molecule has 4 rings (SSSR count). The maximum atomic E-state index is 12.8. The summed E-state index contributed by atoms with van der Waals surface area (Å²) >= 11 is 0. The highest BCUT2D eigenvalue weighted by Crippen LogP contribution is 2.29. The van der Waals surface area contributed by atoms with E-state index in [0.717, 1.165) is 30.7 Å². The zero-order valence-electron chi connectivity index (χ0n) is 18.6. The Morgan fingerprint density at radius 2 is 1.71 bits per heavy atom. The fourth-order valence-electron chi connectivity index (χ4n) is 4.41. The van der Waals surface area contributed by atoms with Crippen molar-refractivity contribution in [3.8, 4) is 0 Å². The molecule has 0 radical (unpaired) electrons. The van der Waals surface area contributed by atoms with Crippen molar-refractivity contribution >= 4 is 23.4 Å². The van der Waals surface area contributed by atoms with E-state index in [9.17, 15) is 27.6 Å². The Morgan fingerprint density at radius 1 is 1.00 bits per heavy atom. The Labute approximate surface area is 195 Å². The third-order valence-corrected chi connectivity index (χ3v) is 6.35. The van der Waals surface area contributed by atoms with Crippen molar-refractivity contribution in [3.05, 3.63) is 65.2 Å². The molecule has 2 aromatic carbocycles. The standard InChI is InChI=1S/C25H26F3N3O3/c26-25(27,28)20-8-6-19(7-9-20)24(34)30-13-10-18(11-14-30)23(33)29-21-4-1-3-17(15-21)16-31-12-2-5-22(31)32/h1,3-4,6-9,15,18H,2,5,10-14,16H2,(H,29,33). The minimum atomic E-state index is -4.45. The first-order chi connectivity index (χ1) is 16.2. The summed E-state index contributed by atoms with van der Waals surface area (Å²) in [6.45, 7) is 1.98. The summed E-state index contributed by atoms with van der Waals surface area (Å²) in [4.78, 5) is 40.6. The monoisotopic (exact) mass is 473 g/mol. The number of alkyl halides is 3. The highest BCUT2D eigenvalue weighted by Gasteiger charge is 2.31. The molecule has 2 saturated heterocycles. The number of piperidine rings is 1. The highest BCUT2D eigenvalue weighted by atomic mass is 19.4. The first-order valence-electron chi connectivity index (χ1n) is 11.3. The van der Waals surface area contributed by atoms with Crippen molar-refractivity contribution < 1.29 is 27.6 Å². The van der Waals surface area contributed by atoms with Crippen LogP contribution < -0.4 is 5.32 Å². The third-order valence-electron chi connectivity index (χ3n) is 6.35. The molecule has 34 heavy (non-hydrogen) atoms. The summed E-state index contributed by atoms with van der Waals surface area (Å²) in [5, 5.41) is 2.93. The Hall–Kier alpha value is -3.36. The van der Waals surface area contributed by atoms with Gasteiger partial charge in [0.25, 0.3) is 5.91 Å². The van der Waals surface area contributed by atoms with Crippen LogP contribution in [0.5, 0.6) is 0 Å². The molecular formula is C25H26F3N3O3. The number of anilines is 1. The zero-order chi connectivity index (χ0) is 24.3. The summed E-state index contributed by atoms with van der Waals surface area (Å²) in [5.41, 5.74) is 1.02. The lowest BCUT2D eigenvalue weighted by Gasteiger charge is -2.31. The van der Waals surface area contributed by atoms with Gasteiger partial charge in [-0.1, -0.05) is 12.1 Å². The van der Waals surface area contributed by atoms with Gasteiger partial charge < -0.3 is 15.1 Å². The molecule has 1 N–H and O–H groups in total. The van der Waals surface area contributed by atoms with E-state index in [1.807, 2.05) is 23.1 Å². The predicted octanol–water partition coefficient (Wildman–Crippen LogP) is 4.32. The molecule has 0 unspecified atom stereocenters. The number of halogens is 3. The molecule has 2 heterocycles. The van der Waals surface area contributed by atoms with E-state index in [4.69, 9.17) is 0 Å². The average molecular weight is 473 g/mol. The van der Waals surface area contributed by atoms with Crippen LogP contribution in [0.2, 0.25) is 0 Å². The molecule has 2 aromatic rings. The maximum Gasteiger partial charge on any atom is 0.416 e. The summed E-state index contributed by atoms with van der Waals surface area (Å²) in [6, 6.07) is 11.6. The Morgan fingerprint density at radius 3 is 2.32 bits per heavy atom. The van der Waals surface area contributed by atoms with Gasteiger partial charge in [0.2, 0.25) is 11.8 Å². The van der Waals surface area contributed by atoms with E-state index >= 15 is 0 Å². The van der Waals surface area contributed by atoms with Gasteiger partial charge in [-0.2, -0.15) is 13.2 Å². The summed E-state index contributed by atoms with van der Waals surface area (Å²) in [7, 11) is 0. The second-order valence-corrected chi connectivity index (χ2v) is 8.75. The average Bonchev–Trinajstić information content (AvgIpc) is 3.22. The molecule has 0 aliphatic carbocycles. The second kappa shape index (κ2) is 9.87. The minimum absolute atomic E-state index is 0.129. The Balaban J connectivity index is 1.29. The van der Waals surface area contributed by atoms with Crippen LogP contribution in [-0.2, 0) is 22.3 Å². The molecule has 2 aliphatic rings. The molecule has 0 spiro atoms. The smallest absolute Gasteiger partial charge is 0.339 e. The van der Waals surface area contributed by atoms with E-state index in [0.29, 0.717) is 44.6 Å². The molecule has 0 saturated carbocycles. The van der Waals surface area contributed by atoms with Crippen LogP contribution >= 0.6 is 0 Å². The second-order valence-electron chi connectivity index (χ2n) is 8.75. The van der Waals surface area contributed by atoms with Gasteiger partial charge in [-0.15, -0.1) is 0 Å². The summed E-state index contributed by atoms with van der Waals surface area (Å²) < 4.78 is 38.2. The van der Waals surface area contributed by atoms with Gasteiger partial charge in [-0.25, -0.2) is 0 Å². The van der Waals surface area contributed by atoms with E-state index in [2.05, 4.69) is 5.32 Å². The SMILES string of the molecule is O=C(Nc1cccc(CN2CCCC2=O)c1)C1CCN(C(=O)c2ccc(C(F)(F)F)cc2)CC1. The zero-order valence-corrected chi connectivity index (χ0v) is 18.6. The topological polar surface area (TPSA) is 69.7 Å². The number of likely N-dealkylation sites (tertiary alicyclic amines) is 2. The van der Waals surface area contributed by atoms with Crippen molar-refractivity contribution in [2.45, 2.75) is 38.4 Å². The van der Waals surface area contributed by atoms with Gasteiger partial charge in [-0.3, -0.25) is 14.4 Å². The largest absolute Gasteiger partial charge is 0.416 e. The van der Waals surface area contributed by atoms with E-state index in [1.54, 1.807) is 11.0 Å². The van der Waals surface area contributed by atoms with Gasteiger partial charge >= 0.3 is 6.18 Å². The molecule has 0 atom stereocenters. The number of carbonyl (C=O) groups is 3. The lowest BCUT2D eigenvalue weighted by Crippen LogP contribution is -2.41. The molecule has 2 aliphatic heterocycles. The van der Waals surface area contributed by atoms with Crippen LogP contribution in [0.15, 0.2) is 48.5 Å². The van der Waals surface area contributed by atoms with Crippen LogP contribution in [0.1, 0.15) is 47.2 Å². The lowest BCUT2D eigenvalue weighted by molar-refractivity contribution is -0.137. The molecule has 2 fully saturated rings. The molecule has 180 valence electrons. The van der Waals surface area contributed by atoms with Crippen LogP contribution in [-0.4, -0.2) is 47.2 Å². The van der Waals surface area contributed by atoms with Crippen LogP contribution in [0.25, 0.3) is 0 Å². The Kier molecular flexibility index (Phi) is 6.90. The first-order valence-corrected chi connectivity index (χ1v) is 11.3. The number of nitrogens with zero attached hydrogens (tertiary/aromatic N) is 2. The summed E-state index contributed by atoms with van der Waals surface area (Å²) in [6.07, 6.45) is -2.05. The van der Waals surface area contributed by atoms with Gasteiger partial charge in [0.05, 0.1) is 5.56 Å². The van der Waals surface area contributed by atoms with Crippen molar-refractivity contribution in [2.24, 2.45) is 5.92 Å². The highest BCUT2D eigenvalue weighted by molar-refractivity contribution is 5.95. The number of hydrogen-bond acceptors (Lipinski definition) is 3. The normalized spacial score (nSPS) is 17.2. The fourth-order valence-corrected chi connectivity index (χ4v) is 4.41. The van der Waals surface area contributed by atoms with Gasteiger partial charge in [0.15, 0.2) is 0 Å². The van der Waals surface area contributed by atoms with Gasteiger partial charge in [-0.05, 0) is 61.2 Å². The molecular weight excluding hydrogens is 447 g/mol. The number of carbonyl (C=O) groups excluding carboxylic acids is 3. The van der Waals surface area contributed by atoms with Crippen LogP contribution in [0, 0.1) is 5.92 Å². The van der Waals surface area contributed by atoms with E-state index in [-0.39, 0.29) is 29.2 Å². The Bertz CT molecular complexity index is 1060. The van der Waals surface area contributed by atoms with E-state index in [1.165, 1.54) is 12.1 Å². The quantitative estimate of drug-likeness (QED) is 0.703. The molecule has 0 bridgehead atoms. The first kappa shape index (κ1) is 23.8. The third kappa shape index (κ3) is 5.58. The van der Waals surface area contributed by atoms with Crippen LogP contribution in [0.3, 0.4) is 0 Å². The van der Waals surface area contributed by atoms with Gasteiger partial charge in [0, 0.05) is 49.8 Å². The van der Waals surface area contributed by atoms with Crippen molar-refractivity contribution in [2.75, 3.05) is 25.0 Å². The van der Waals surface area contributed by atoms with Crippen molar-refractivity contribution in [1.82, 2.24) is 9.80 Å². The molecule has 6 nitrogen and oxygen atoms in total.